The standard InChI is InChI=1S/C24H27N5O3S/c1-15-8-10-19(28(15)2)23-22(17-7-5-6-12-25-17)27-24(33)29(23)16-9-11-20(32-4)18(13-16)26-21(30)14-31-3/h5-13,22-23H,14H2,1-4H3,(H,26,30)(H,27,33)/t22-,23+/m0/s1. The molecule has 33 heavy (non-hydrogen) atoms. The number of carbonyl (C=O) groups excluding carboxylic acids is 1. The molecule has 2 atom stereocenters. The third-order valence-electron chi connectivity index (χ3n) is 5.82. The van der Waals surface area contributed by atoms with Crippen molar-refractivity contribution in [2.45, 2.75) is 19.0 Å². The molecular weight excluding hydrogens is 438 g/mol. The normalized spacial score (nSPS) is 17.7. The van der Waals surface area contributed by atoms with E-state index >= 15 is 0 Å². The second-order valence-electron chi connectivity index (χ2n) is 7.82. The summed E-state index contributed by atoms with van der Waals surface area (Å²) in [5.74, 6) is 0.282. The number of methoxy groups -OCH3 is 2. The molecule has 8 nitrogen and oxygen atoms in total. The van der Waals surface area contributed by atoms with Gasteiger partial charge in [0.2, 0.25) is 5.91 Å². The van der Waals surface area contributed by atoms with Gasteiger partial charge in [-0.25, -0.2) is 0 Å². The van der Waals surface area contributed by atoms with Crippen molar-refractivity contribution in [2.75, 3.05) is 31.0 Å². The molecule has 1 fully saturated rings. The van der Waals surface area contributed by atoms with Gasteiger partial charge in [0.1, 0.15) is 18.4 Å². The van der Waals surface area contributed by atoms with Crippen LogP contribution in [-0.4, -0.2) is 41.4 Å². The van der Waals surface area contributed by atoms with Crippen molar-refractivity contribution in [3.63, 3.8) is 0 Å². The van der Waals surface area contributed by atoms with Gasteiger partial charge in [-0.3, -0.25) is 9.78 Å². The first-order valence-electron chi connectivity index (χ1n) is 10.5. The summed E-state index contributed by atoms with van der Waals surface area (Å²) < 4.78 is 12.6. The molecule has 9 heteroatoms. The molecule has 0 bridgehead atoms. The van der Waals surface area contributed by atoms with Gasteiger partial charge in [-0.2, -0.15) is 0 Å². The highest BCUT2D eigenvalue weighted by atomic mass is 32.1. The maximum Gasteiger partial charge on any atom is 0.250 e. The monoisotopic (exact) mass is 465 g/mol. The summed E-state index contributed by atoms with van der Waals surface area (Å²) in [5.41, 5.74) is 4.50. The van der Waals surface area contributed by atoms with E-state index in [4.69, 9.17) is 21.7 Å². The van der Waals surface area contributed by atoms with E-state index in [0.717, 1.165) is 22.8 Å². The summed E-state index contributed by atoms with van der Waals surface area (Å²) >= 11 is 5.80. The molecule has 2 aromatic heterocycles. The zero-order valence-electron chi connectivity index (χ0n) is 19.0. The topological polar surface area (TPSA) is 80.7 Å². The predicted molar refractivity (Wildman–Crippen MR) is 132 cm³/mol. The van der Waals surface area contributed by atoms with Crippen molar-refractivity contribution >= 4 is 34.6 Å². The molecule has 1 aliphatic heterocycles. The molecule has 0 unspecified atom stereocenters. The van der Waals surface area contributed by atoms with Gasteiger partial charge in [-0.15, -0.1) is 0 Å². The van der Waals surface area contributed by atoms with Gasteiger partial charge in [-0.1, -0.05) is 6.07 Å². The molecule has 0 spiro atoms. The minimum Gasteiger partial charge on any atom is -0.495 e. The molecule has 172 valence electrons. The number of benzene rings is 1. The number of nitrogens with one attached hydrogen (secondary N) is 2. The number of hydrogen-bond acceptors (Lipinski definition) is 5. The Kier molecular flexibility index (Phi) is 6.62. The molecule has 4 rings (SSSR count). The van der Waals surface area contributed by atoms with Gasteiger partial charge in [0.15, 0.2) is 5.11 Å². The molecule has 3 aromatic rings. The van der Waals surface area contributed by atoms with Crippen LogP contribution in [0.4, 0.5) is 11.4 Å². The van der Waals surface area contributed by atoms with Gasteiger partial charge in [0.05, 0.1) is 24.5 Å². The van der Waals surface area contributed by atoms with E-state index in [9.17, 15) is 4.79 Å². The molecule has 0 aliphatic carbocycles. The van der Waals surface area contributed by atoms with E-state index in [-0.39, 0.29) is 24.6 Å². The lowest BCUT2D eigenvalue weighted by atomic mass is 10.0. The van der Waals surface area contributed by atoms with E-state index in [2.05, 4.69) is 44.1 Å². The zero-order chi connectivity index (χ0) is 23.5. The first-order valence-corrected chi connectivity index (χ1v) is 10.9. The number of hydrogen-bond donors (Lipinski definition) is 2. The second-order valence-corrected chi connectivity index (χ2v) is 8.21. The fourth-order valence-corrected chi connectivity index (χ4v) is 4.47. The van der Waals surface area contributed by atoms with Crippen molar-refractivity contribution in [1.29, 1.82) is 0 Å². The van der Waals surface area contributed by atoms with Crippen LogP contribution in [0.15, 0.2) is 54.7 Å². The number of anilines is 2. The predicted octanol–water partition coefficient (Wildman–Crippen LogP) is 3.50. The summed E-state index contributed by atoms with van der Waals surface area (Å²) in [7, 11) is 5.09. The number of aryl methyl sites for hydroxylation is 1. The van der Waals surface area contributed by atoms with E-state index in [0.29, 0.717) is 16.5 Å². The summed E-state index contributed by atoms with van der Waals surface area (Å²) in [4.78, 5) is 18.8. The molecule has 0 saturated carbocycles. The molecule has 0 radical (unpaired) electrons. The fraction of sp³-hybridized carbons (Fsp3) is 0.292. The number of thiocarbonyl (C=S) groups is 1. The van der Waals surface area contributed by atoms with E-state index in [1.54, 1.807) is 13.3 Å². The van der Waals surface area contributed by atoms with Crippen LogP contribution in [0.2, 0.25) is 0 Å². The van der Waals surface area contributed by atoms with Gasteiger partial charge in [0, 0.05) is 37.4 Å². The number of aromatic nitrogens is 2. The van der Waals surface area contributed by atoms with Crippen LogP contribution in [0.1, 0.15) is 29.2 Å². The Hall–Kier alpha value is -3.43. The van der Waals surface area contributed by atoms with Gasteiger partial charge < -0.3 is 29.6 Å². The minimum atomic E-state index is -0.268. The lowest BCUT2D eigenvalue weighted by molar-refractivity contribution is -0.119. The maximum atomic E-state index is 12.2. The number of carbonyl (C=O) groups is 1. The van der Waals surface area contributed by atoms with Gasteiger partial charge in [0.25, 0.3) is 0 Å². The van der Waals surface area contributed by atoms with Crippen LogP contribution in [0.25, 0.3) is 0 Å². The molecule has 3 heterocycles. The van der Waals surface area contributed by atoms with Crippen LogP contribution in [0.3, 0.4) is 0 Å². The van der Waals surface area contributed by atoms with Crippen molar-refractivity contribution in [1.82, 2.24) is 14.9 Å². The summed E-state index contributed by atoms with van der Waals surface area (Å²) in [6, 6.07) is 15.4. The van der Waals surface area contributed by atoms with Crippen LogP contribution in [0, 0.1) is 6.92 Å². The van der Waals surface area contributed by atoms with E-state index < -0.39 is 0 Å². The van der Waals surface area contributed by atoms with Crippen LogP contribution >= 0.6 is 12.2 Å². The molecule has 2 N–H and O–H groups in total. The lowest BCUT2D eigenvalue weighted by Gasteiger charge is -2.29. The fourth-order valence-electron chi connectivity index (χ4n) is 4.12. The van der Waals surface area contributed by atoms with Crippen LogP contribution in [0.5, 0.6) is 5.75 Å². The Morgan fingerprint density at radius 3 is 2.67 bits per heavy atom. The second kappa shape index (κ2) is 9.60. The molecular formula is C24H27N5O3S. The van der Waals surface area contributed by atoms with Crippen LogP contribution < -0.4 is 20.3 Å². The maximum absolute atomic E-state index is 12.2. The number of amides is 1. The summed E-state index contributed by atoms with van der Waals surface area (Å²) in [6.45, 7) is 2.02. The first kappa shape index (κ1) is 22.8. The number of pyridine rings is 1. The third kappa shape index (κ3) is 4.42. The Morgan fingerprint density at radius 2 is 2.03 bits per heavy atom. The molecule has 1 saturated heterocycles. The van der Waals surface area contributed by atoms with Gasteiger partial charge >= 0.3 is 0 Å². The number of nitrogens with zero attached hydrogens (tertiary/aromatic N) is 3. The molecule has 1 amide bonds. The zero-order valence-corrected chi connectivity index (χ0v) is 19.8. The average molecular weight is 466 g/mol. The third-order valence-corrected chi connectivity index (χ3v) is 6.14. The minimum absolute atomic E-state index is 0.0515. The average Bonchev–Trinajstić information content (AvgIpc) is 3.33. The highest BCUT2D eigenvalue weighted by Gasteiger charge is 2.42. The first-order chi connectivity index (χ1) is 15.9. The van der Waals surface area contributed by atoms with Crippen LogP contribution in [-0.2, 0) is 16.6 Å². The van der Waals surface area contributed by atoms with Crippen molar-refractivity contribution in [3.8, 4) is 5.75 Å². The van der Waals surface area contributed by atoms with Crippen molar-refractivity contribution < 1.29 is 14.3 Å². The van der Waals surface area contributed by atoms with E-state index in [1.807, 2.05) is 43.4 Å². The number of ether oxygens (including phenoxy) is 2. The molecule has 1 aliphatic rings. The number of rotatable bonds is 7. The van der Waals surface area contributed by atoms with Gasteiger partial charge in [-0.05, 0) is 61.6 Å². The highest BCUT2D eigenvalue weighted by Crippen LogP contribution is 2.43. The van der Waals surface area contributed by atoms with E-state index in [1.165, 1.54) is 7.11 Å². The molecule has 1 aromatic carbocycles. The van der Waals surface area contributed by atoms with Crippen molar-refractivity contribution in [3.05, 3.63) is 71.8 Å². The SMILES string of the molecule is COCC(=O)Nc1cc(N2C(=S)N[C@@H](c3ccccn3)[C@H]2c2ccc(C)n2C)ccc1OC. The smallest absolute Gasteiger partial charge is 0.250 e. The highest BCUT2D eigenvalue weighted by molar-refractivity contribution is 7.80. The Bertz CT molecular complexity index is 1160. The summed E-state index contributed by atoms with van der Waals surface area (Å²) in [6.07, 6.45) is 1.78. The lowest BCUT2D eigenvalue weighted by Crippen LogP contribution is -2.30. The summed E-state index contributed by atoms with van der Waals surface area (Å²) in [5, 5.41) is 6.89. The quantitative estimate of drug-likeness (QED) is 0.517. The largest absolute Gasteiger partial charge is 0.495 e. The van der Waals surface area contributed by atoms with Crippen molar-refractivity contribution in [2.24, 2.45) is 7.05 Å². The Balaban J connectivity index is 1.80. The Labute approximate surface area is 198 Å². The Morgan fingerprint density at radius 1 is 1.21 bits per heavy atom.